The van der Waals surface area contributed by atoms with Crippen LogP contribution in [-0.2, 0) is 0 Å². The summed E-state index contributed by atoms with van der Waals surface area (Å²) >= 11 is 0. The van der Waals surface area contributed by atoms with E-state index in [1.165, 1.54) is 87.7 Å². The third kappa shape index (κ3) is 3.65. The molecule has 46 heavy (non-hydrogen) atoms. The van der Waals surface area contributed by atoms with Crippen LogP contribution in [0.3, 0.4) is 0 Å². The standard InChI is InChI=1S/C44H28N2/c1-2-12-34(13-3-1)45-41-17-9-7-15-38(41)44-36-23-19-31(26-33(36)21-25-43(44)45)32-20-24-42-39(28-32)37-14-6-8-16-40(37)46(42)35-22-18-29-10-4-5-11-30(29)27-35/h1-28H. The second-order valence-corrected chi connectivity index (χ2v) is 12.2. The van der Waals surface area contributed by atoms with Crippen molar-refractivity contribution < 1.29 is 0 Å². The van der Waals surface area contributed by atoms with Gasteiger partial charge in [-0.3, -0.25) is 0 Å². The molecular formula is C44H28N2. The molecule has 0 aliphatic rings. The van der Waals surface area contributed by atoms with Gasteiger partial charge >= 0.3 is 0 Å². The van der Waals surface area contributed by atoms with Gasteiger partial charge in [0, 0.05) is 32.9 Å². The molecule has 2 aromatic heterocycles. The number of nitrogens with zero attached hydrogens (tertiary/aromatic N) is 2. The van der Waals surface area contributed by atoms with Crippen LogP contribution in [0, 0.1) is 0 Å². The first-order valence-corrected chi connectivity index (χ1v) is 15.9. The molecule has 10 aromatic rings. The molecule has 0 spiro atoms. The van der Waals surface area contributed by atoms with Crippen LogP contribution in [0.4, 0.5) is 0 Å². The van der Waals surface area contributed by atoms with E-state index in [0.29, 0.717) is 0 Å². The van der Waals surface area contributed by atoms with Crippen molar-refractivity contribution in [3.05, 3.63) is 170 Å². The Balaban J connectivity index is 1.16. The molecule has 0 atom stereocenters. The van der Waals surface area contributed by atoms with Gasteiger partial charge in [0.15, 0.2) is 0 Å². The van der Waals surface area contributed by atoms with Crippen molar-refractivity contribution in [3.8, 4) is 22.5 Å². The normalized spacial score (nSPS) is 11.9. The van der Waals surface area contributed by atoms with Gasteiger partial charge in [-0.15, -0.1) is 0 Å². The van der Waals surface area contributed by atoms with Gasteiger partial charge in [-0.05, 0) is 93.3 Å². The van der Waals surface area contributed by atoms with E-state index in [1.54, 1.807) is 0 Å². The molecule has 0 radical (unpaired) electrons. The lowest BCUT2D eigenvalue weighted by Gasteiger charge is -2.10. The zero-order chi connectivity index (χ0) is 30.2. The highest BCUT2D eigenvalue weighted by atomic mass is 15.0. The highest BCUT2D eigenvalue weighted by Crippen LogP contribution is 2.39. The van der Waals surface area contributed by atoms with Crippen molar-refractivity contribution in [1.82, 2.24) is 9.13 Å². The van der Waals surface area contributed by atoms with Crippen LogP contribution in [0.2, 0.25) is 0 Å². The Morgan fingerprint density at radius 2 is 0.891 bits per heavy atom. The first-order chi connectivity index (χ1) is 22.8. The van der Waals surface area contributed by atoms with Gasteiger partial charge in [0.2, 0.25) is 0 Å². The van der Waals surface area contributed by atoms with Crippen molar-refractivity contribution in [2.45, 2.75) is 0 Å². The van der Waals surface area contributed by atoms with Gasteiger partial charge in [0.25, 0.3) is 0 Å². The van der Waals surface area contributed by atoms with Gasteiger partial charge in [-0.1, -0.05) is 109 Å². The van der Waals surface area contributed by atoms with Crippen LogP contribution in [0.5, 0.6) is 0 Å². The predicted octanol–water partition coefficient (Wildman–Crippen LogP) is 11.9. The van der Waals surface area contributed by atoms with Crippen molar-refractivity contribution in [3.63, 3.8) is 0 Å². The molecule has 0 fully saturated rings. The fourth-order valence-electron chi connectivity index (χ4n) is 7.58. The van der Waals surface area contributed by atoms with Gasteiger partial charge in [-0.2, -0.15) is 0 Å². The highest BCUT2D eigenvalue weighted by Gasteiger charge is 2.16. The molecule has 10 rings (SSSR count). The molecule has 0 saturated carbocycles. The fourth-order valence-corrected chi connectivity index (χ4v) is 7.58. The molecule has 0 amide bonds. The minimum atomic E-state index is 1.18. The Morgan fingerprint density at radius 3 is 1.76 bits per heavy atom. The smallest absolute Gasteiger partial charge is 0.0547 e. The summed E-state index contributed by atoms with van der Waals surface area (Å²) in [6, 6.07) is 62.0. The van der Waals surface area contributed by atoms with Gasteiger partial charge in [-0.25, -0.2) is 0 Å². The number of hydrogen-bond acceptors (Lipinski definition) is 0. The zero-order valence-electron chi connectivity index (χ0n) is 25.1. The van der Waals surface area contributed by atoms with Crippen molar-refractivity contribution in [2.75, 3.05) is 0 Å². The number of rotatable bonds is 3. The van der Waals surface area contributed by atoms with Crippen LogP contribution < -0.4 is 0 Å². The minimum absolute atomic E-state index is 1.18. The second kappa shape index (κ2) is 9.69. The lowest BCUT2D eigenvalue weighted by atomic mass is 9.97. The summed E-state index contributed by atoms with van der Waals surface area (Å²) in [6.07, 6.45) is 0. The number of fused-ring (bicyclic) bond motifs is 9. The number of hydrogen-bond donors (Lipinski definition) is 0. The van der Waals surface area contributed by atoms with E-state index in [9.17, 15) is 0 Å². The Morgan fingerprint density at radius 1 is 0.283 bits per heavy atom. The number of aromatic nitrogens is 2. The van der Waals surface area contributed by atoms with Crippen LogP contribution >= 0.6 is 0 Å². The topological polar surface area (TPSA) is 9.86 Å². The van der Waals surface area contributed by atoms with Crippen LogP contribution in [0.1, 0.15) is 0 Å². The first-order valence-electron chi connectivity index (χ1n) is 15.9. The number of benzene rings is 8. The molecule has 0 unspecified atom stereocenters. The third-order valence-electron chi connectivity index (χ3n) is 9.66. The quantitative estimate of drug-likeness (QED) is 0.195. The largest absolute Gasteiger partial charge is 0.309 e. The van der Waals surface area contributed by atoms with E-state index >= 15 is 0 Å². The predicted molar refractivity (Wildman–Crippen MR) is 196 cm³/mol. The van der Waals surface area contributed by atoms with Crippen molar-refractivity contribution in [2.24, 2.45) is 0 Å². The molecule has 2 nitrogen and oxygen atoms in total. The Labute approximate surface area is 266 Å². The van der Waals surface area contributed by atoms with E-state index in [1.807, 2.05) is 0 Å². The molecule has 2 heteroatoms. The fraction of sp³-hybridized carbons (Fsp3) is 0. The van der Waals surface area contributed by atoms with Gasteiger partial charge in [0.05, 0.1) is 22.1 Å². The van der Waals surface area contributed by atoms with E-state index in [2.05, 4.69) is 179 Å². The number of para-hydroxylation sites is 3. The lowest BCUT2D eigenvalue weighted by molar-refractivity contribution is 1.18. The Kier molecular flexibility index (Phi) is 5.31. The van der Waals surface area contributed by atoms with Crippen LogP contribution in [-0.4, -0.2) is 9.13 Å². The molecule has 0 bridgehead atoms. The molecular weight excluding hydrogens is 556 g/mol. The maximum atomic E-state index is 2.40. The van der Waals surface area contributed by atoms with E-state index in [0.717, 1.165) is 0 Å². The molecule has 2 heterocycles. The minimum Gasteiger partial charge on any atom is -0.309 e. The van der Waals surface area contributed by atoms with E-state index in [4.69, 9.17) is 0 Å². The lowest BCUT2D eigenvalue weighted by Crippen LogP contribution is -1.93. The Bertz CT molecular complexity index is 2800. The maximum absolute atomic E-state index is 2.40. The molecule has 214 valence electrons. The summed E-state index contributed by atoms with van der Waals surface area (Å²) in [4.78, 5) is 0. The van der Waals surface area contributed by atoms with Crippen molar-refractivity contribution in [1.29, 1.82) is 0 Å². The SMILES string of the molecule is c1ccc(-n2c3ccccc3c3c4ccc(-c5ccc6c(c5)c5ccccc5n6-c5ccc6ccccc6c5)cc4ccc32)cc1. The van der Waals surface area contributed by atoms with Crippen molar-refractivity contribution >= 4 is 65.2 Å². The summed E-state index contributed by atoms with van der Waals surface area (Å²) in [6.45, 7) is 0. The average Bonchev–Trinajstić information content (AvgIpc) is 3.64. The molecule has 8 aromatic carbocycles. The summed E-state index contributed by atoms with van der Waals surface area (Å²) < 4.78 is 4.79. The summed E-state index contributed by atoms with van der Waals surface area (Å²) in [5.41, 5.74) is 9.72. The first kappa shape index (κ1) is 25.2. The summed E-state index contributed by atoms with van der Waals surface area (Å²) in [5.74, 6) is 0. The van der Waals surface area contributed by atoms with Gasteiger partial charge < -0.3 is 9.13 Å². The highest BCUT2D eigenvalue weighted by molar-refractivity contribution is 6.21. The monoisotopic (exact) mass is 584 g/mol. The van der Waals surface area contributed by atoms with Crippen LogP contribution in [0.25, 0.3) is 87.7 Å². The maximum Gasteiger partial charge on any atom is 0.0547 e. The van der Waals surface area contributed by atoms with Gasteiger partial charge in [0.1, 0.15) is 0 Å². The summed E-state index contributed by atoms with van der Waals surface area (Å²) in [7, 11) is 0. The second-order valence-electron chi connectivity index (χ2n) is 12.2. The third-order valence-corrected chi connectivity index (χ3v) is 9.66. The van der Waals surface area contributed by atoms with E-state index < -0.39 is 0 Å². The van der Waals surface area contributed by atoms with E-state index in [-0.39, 0.29) is 0 Å². The molecule has 0 saturated heterocycles. The molecule has 0 N–H and O–H groups in total. The Hall–Kier alpha value is -6.12. The molecule has 0 aliphatic heterocycles. The molecule has 0 aliphatic carbocycles. The summed E-state index contributed by atoms with van der Waals surface area (Å²) in [5, 5.41) is 10.2. The zero-order valence-corrected chi connectivity index (χ0v) is 25.1. The average molecular weight is 585 g/mol. The van der Waals surface area contributed by atoms with Crippen LogP contribution in [0.15, 0.2) is 170 Å².